The van der Waals surface area contributed by atoms with Gasteiger partial charge in [-0.3, -0.25) is 13.9 Å². The normalized spacial score (nSPS) is 12.9. The van der Waals surface area contributed by atoms with Crippen LogP contribution in [-0.2, 0) is 26.2 Å². The van der Waals surface area contributed by atoms with E-state index in [-0.39, 0.29) is 29.3 Å². The highest BCUT2D eigenvalue weighted by Crippen LogP contribution is 2.27. The zero-order valence-corrected chi connectivity index (χ0v) is 25.5. The van der Waals surface area contributed by atoms with Crippen molar-refractivity contribution in [3.8, 4) is 5.75 Å². The van der Waals surface area contributed by atoms with Crippen molar-refractivity contribution in [2.75, 3.05) is 18.0 Å². The number of carbonyl (C=O) groups is 2. The average Bonchev–Trinajstić information content (AvgIpc) is 2.98. The van der Waals surface area contributed by atoms with Gasteiger partial charge in [-0.2, -0.15) is 0 Å². The third-order valence-corrected chi connectivity index (χ3v) is 8.93. The molecule has 0 aliphatic rings. The standard InChI is InChI=1S/C32H41N3O5S/c1-7-24(4)33-32(37)25(5)34(21-26-13-19-29(40-6)20-14-26)31(36)22-35(28-17-15-27(16-18-28)23(2)3)41(38,39)30-11-9-8-10-12-30/h8-20,23-25H,7,21-22H2,1-6H3,(H,33,37)/t24-,25-/m1/s1. The average molecular weight is 580 g/mol. The third-order valence-electron chi connectivity index (χ3n) is 7.14. The molecule has 220 valence electrons. The molecule has 0 aliphatic heterocycles. The number of rotatable bonds is 13. The number of carbonyl (C=O) groups excluding carboxylic acids is 2. The molecule has 0 radical (unpaired) electrons. The molecule has 0 unspecified atom stereocenters. The second kappa shape index (κ2) is 14.2. The summed E-state index contributed by atoms with van der Waals surface area (Å²) in [6, 6.07) is 21.5. The van der Waals surface area contributed by atoms with Gasteiger partial charge in [0.15, 0.2) is 0 Å². The molecule has 2 amide bonds. The van der Waals surface area contributed by atoms with E-state index in [1.807, 2.05) is 38.1 Å². The molecule has 2 atom stereocenters. The van der Waals surface area contributed by atoms with Crippen molar-refractivity contribution in [2.45, 2.75) is 70.5 Å². The highest BCUT2D eigenvalue weighted by Gasteiger charge is 2.32. The van der Waals surface area contributed by atoms with E-state index in [0.717, 1.165) is 21.9 Å². The highest BCUT2D eigenvalue weighted by atomic mass is 32.2. The van der Waals surface area contributed by atoms with Gasteiger partial charge in [-0.1, -0.05) is 63.2 Å². The summed E-state index contributed by atoms with van der Waals surface area (Å²) >= 11 is 0. The zero-order valence-electron chi connectivity index (χ0n) is 24.7. The summed E-state index contributed by atoms with van der Waals surface area (Å²) in [7, 11) is -2.53. The molecule has 0 fully saturated rings. The maximum absolute atomic E-state index is 14.0. The molecule has 3 aromatic carbocycles. The van der Waals surface area contributed by atoms with Crippen LogP contribution in [0.3, 0.4) is 0 Å². The minimum atomic E-state index is -4.10. The van der Waals surface area contributed by atoms with Crippen LogP contribution in [0.15, 0.2) is 83.8 Å². The van der Waals surface area contributed by atoms with Crippen LogP contribution in [-0.4, -0.2) is 50.9 Å². The minimum absolute atomic E-state index is 0.0719. The Kier molecular flexibility index (Phi) is 10.9. The van der Waals surface area contributed by atoms with Gasteiger partial charge in [-0.15, -0.1) is 0 Å². The number of nitrogens with one attached hydrogen (secondary N) is 1. The highest BCUT2D eigenvalue weighted by molar-refractivity contribution is 7.92. The van der Waals surface area contributed by atoms with Crippen LogP contribution in [0.25, 0.3) is 0 Å². The maximum Gasteiger partial charge on any atom is 0.264 e. The lowest BCUT2D eigenvalue weighted by Gasteiger charge is -2.32. The molecule has 0 spiro atoms. The monoisotopic (exact) mass is 579 g/mol. The first kappa shape index (κ1) is 31.7. The number of hydrogen-bond acceptors (Lipinski definition) is 5. The molecule has 0 saturated carbocycles. The second-order valence-electron chi connectivity index (χ2n) is 10.4. The Morgan fingerprint density at radius 1 is 0.878 bits per heavy atom. The summed E-state index contributed by atoms with van der Waals surface area (Å²) in [5, 5.41) is 2.94. The first-order valence-electron chi connectivity index (χ1n) is 13.9. The van der Waals surface area contributed by atoms with Gasteiger partial charge in [0.05, 0.1) is 17.7 Å². The molecule has 1 N–H and O–H groups in total. The van der Waals surface area contributed by atoms with Gasteiger partial charge < -0.3 is 15.0 Å². The predicted octanol–water partition coefficient (Wildman–Crippen LogP) is 5.35. The van der Waals surface area contributed by atoms with Crippen molar-refractivity contribution in [3.05, 3.63) is 90.0 Å². The Hall–Kier alpha value is -3.85. The van der Waals surface area contributed by atoms with Gasteiger partial charge in [0.2, 0.25) is 11.8 Å². The summed E-state index contributed by atoms with van der Waals surface area (Å²) in [6.07, 6.45) is 0.736. The molecule has 0 bridgehead atoms. The van der Waals surface area contributed by atoms with Gasteiger partial charge in [0.1, 0.15) is 18.3 Å². The number of sulfonamides is 1. The SMILES string of the molecule is CC[C@@H](C)NC(=O)[C@@H](C)N(Cc1ccc(OC)cc1)C(=O)CN(c1ccc(C(C)C)cc1)S(=O)(=O)c1ccccc1. The fourth-order valence-electron chi connectivity index (χ4n) is 4.25. The largest absolute Gasteiger partial charge is 0.497 e. The lowest BCUT2D eigenvalue weighted by molar-refractivity contribution is -0.139. The van der Waals surface area contributed by atoms with E-state index in [2.05, 4.69) is 19.2 Å². The van der Waals surface area contributed by atoms with E-state index in [4.69, 9.17) is 4.74 Å². The van der Waals surface area contributed by atoms with Crippen LogP contribution in [0.2, 0.25) is 0 Å². The summed E-state index contributed by atoms with van der Waals surface area (Å²) in [5.74, 6) is 0.119. The number of nitrogens with zero attached hydrogens (tertiary/aromatic N) is 2. The number of benzene rings is 3. The fraction of sp³-hybridized carbons (Fsp3) is 0.375. The number of anilines is 1. The second-order valence-corrected chi connectivity index (χ2v) is 12.3. The topological polar surface area (TPSA) is 96.0 Å². The van der Waals surface area contributed by atoms with Crippen LogP contribution in [0.1, 0.15) is 58.1 Å². The Morgan fingerprint density at radius 3 is 2.02 bits per heavy atom. The number of hydrogen-bond donors (Lipinski definition) is 1. The van der Waals surface area contributed by atoms with Crippen molar-refractivity contribution in [1.29, 1.82) is 0 Å². The molecule has 3 aromatic rings. The number of methoxy groups -OCH3 is 1. The minimum Gasteiger partial charge on any atom is -0.497 e. The molecular formula is C32H41N3O5S. The van der Waals surface area contributed by atoms with Gasteiger partial charge in [0.25, 0.3) is 10.0 Å². The molecule has 0 aromatic heterocycles. The third kappa shape index (κ3) is 8.10. The Balaban J connectivity index is 2.02. The molecule has 0 heterocycles. The smallest absolute Gasteiger partial charge is 0.264 e. The fourth-order valence-corrected chi connectivity index (χ4v) is 5.68. The molecule has 3 rings (SSSR count). The Bertz CT molecular complexity index is 1390. The van der Waals surface area contributed by atoms with Crippen molar-refractivity contribution >= 4 is 27.5 Å². The van der Waals surface area contributed by atoms with E-state index in [1.165, 1.54) is 17.0 Å². The zero-order chi connectivity index (χ0) is 30.2. The van der Waals surface area contributed by atoms with Crippen LogP contribution in [0.4, 0.5) is 5.69 Å². The van der Waals surface area contributed by atoms with E-state index >= 15 is 0 Å². The first-order chi connectivity index (χ1) is 19.5. The lowest BCUT2D eigenvalue weighted by Crippen LogP contribution is -2.52. The number of amides is 2. The van der Waals surface area contributed by atoms with E-state index < -0.39 is 28.5 Å². The van der Waals surface area contributed by atoms with E-state index in [1.54, 1.807) is 56.5 Å². The summed E-state index contributed by atoms with van der Waals surface area (Å²) < 4.78 is 34.1. The Labute approximate surface area is 244 Å². The summed E-state index contributed by atoms with van der Waals surface area (Å²) in [6.45, 7) is 9.27. The molecule has 0 saturated heterocycles. The van der Waals surface area contributed by atoms with Crippen molar-refractivity contribution in [2.24, 2.45) is 0 Å². The van der Waals surface area contributed by atoms with Crippen LogP contribution < -0.4 is 14.4 Å². The van der Waals surface area contributed by atoms with Gasteiger partial charge >= 0.3 is 0 Å². The molecular weight excluding hydrogens is 538 g/mol. The molecule has 8 nitrogen and oxygen atoms in total. The van der Waals surface area contributed by atoms with Gasteiger partial charge in [-0.25, -0.2) is 8.42 Å². The molecule has 9 heteroatoms. The van der Waals surface area contributed by atoms with Crippen molar-refractivity contribution in [3.63, 3.8) is 0 Å². The van der Waals surface area contributed by atoms with Crippen molar-refractivity contribution in [1.82, 2.24) is 10.2 Å². The number of ether oxygens (including phenoxy) is 1. The Morgan fingerprint density at radius 2 is 1.49 bits per heavy atom. The van der Waals surface area contributed by atoms with Crippen molar-refractivity contribution < 1.29 is 22.7 Å². The van der Waals surface area contributed by atoms with Crippen LogP contribution >= 0.6 is 0 Å². The predicted molar refractivity (Wildman–Crippen MR) is 162 cm³/mol. The van der Waals surface area contributed by atoms with Crippen LogP contribution in [0.5, 0.6) is 5.75 Å². The van der Waals surface area contributed by atoms with Crippen LogP contribution in [0, 0.1) is 0 Å². The first-order valence-corrected chi connectivity index (χ1v) is 15.3. The van der Waals surface area contributed by atoms with E-state index in [9.17, 15) is 18.0 Å². The summed E-state index contributed by atoms with van der Waals surface area (Å²) in [5.41, 5.74) is 2.20. The van der Waals surface area contributed by atoms with Gasteiger partial charge in [-0.05, 0) is 73.7 Å². The quantitative estimate of drug-likeness (QED) is 0.295. The summed E-state index contributed by atoms with van der Waals surface area (Å²) in [4.78, 5) is 28.7. The van der Waals surface area contributed by atoms with Gasteiger partial charge in [0, 0.05) is 12.6 Å². The molecule has 41 heavy (non-hydrogen) atoms. The molecule has 0 aliphatic carbocycles. The van der Waals surface area contributed by atoms with E-state index in [0.29, 0.717) is 11.4 Å². The maximum atomic E-state index is 14.0. The lowest BCUT2D eigenvalue weighted by atomic mass is 10.0.